The van der Waals surface area contributed by atoms with Gasteiger partial charge in [0.1, 0.15) is 5.75 Å². The van der Waals surface area contributed by atoms with Gasteiger partial charge in [0.15, 0.2) is 22.2 Å². The van der Waals surface area contributed by atoms with E-state index in [1.54, 1.807) is 25.2 Å². The van der Waals surface area contributed by atoms with Gasteiger partial charge in [0.2, 0.25) is 0 Å². The quantitative estimate of drug-likeness (QED) is 0.326. The van der Waals surface area contributed by atoms with Gasteiger partial charge in [-0.25, -0.2) is 4.98 Å². The summed E-state index contributed by atoms with van der Waals surface area (Å²) >= 11 is 1.44. The second kappa shape index (κ2) is 8.36. The van der Waals surface area contributed by atoms with E-state index in [1.807, 2.05) is 66.7 Å². The number of hydrogen-bond donors (Lipinski definition) is 0. The minimum Gasteiger partial charge on any atom is -0.497 e. The molecule has 32 heavy (non-hydrogen) atoms. The fraction of sp³-hybridized carbons (Fsp3) is 0.120. The number of hydrogen-bond acceptors (Lipinski definition) is 6. The summed E-state index contributed by atoms with van der Waals surface area (Å²) in [6.45, 7) is 0.366. The van der Waals surface area contributed by atoms with Crippen molar-refractivity contribution in [1.29, 1.82) is 0 Å². The Morgan fingerprint density at radius 2 is 1.84 bits per heavy atom. The van der Waals surface area contributed by atoms with E-state index in [0.29, 0.717) is 23.0 Å². The van der Waals surface area contributed by atoms with E-state index in [9.17, 15) is 4.79 Å². The Morgan fingerprint density at radius 3 is 2.62 bits per heavy atom. The highest BCUT2D eigenvalue weighted by Gasteiger charge is 2.25. The van der Waals surface area contributed by atoms with Gasteiger partial charge in [0.05, 0.1) is 31.0 Å². The number of rotatable bonds is 6. The summed E-state index contributed by atoms with van der Waals surface area (Å²) in [5.41, 5.74) is 2.35. The smallest absolute Gasteiger partial charge is 0.296 e. The molecule has 3 aromatic carbocycles. The van der Waals surface area contributed by atoms with Crippen LogP contribution in [0.5, 0.6) is 11.5 Å². The van der Waals surface area contributed by atoms with Gasteiger partial charge in [0.25, 0.3) is 5.91 Å². The molecule has 0 atom stereocenters. The van der Waals surface area contributed by atoms with Gasteiger partial charge in [-0.3, -0.25) is 9.69 Å². The lowest BCUT2D eigenvalue weighted by atomic mass is 10.2. The molecule has 0 spiro atoms. The standard InChI is InChI=1S/C25H20N2O4S/c1-29-18-11-12-19-22(14-18)32-25(26-19)27(15-16-7-4-3-5-8-16)24(28)21-13-17-9-6-10-20(30-2)23(17)31-21/h3-14H,15H2,1-2H3. The van der Waals surface area contributed by atoms with Gasteiger partial charge in [0, 0.05) is 5.39 Å². The second-order valence-corrected chi connectivity index (χ2v) is 8.21. The minimum atomic E-state index is -0.266. The normalized spacial score (nSPS) is 11.1. The topological polar surface area (TPSA) is 64.8 Å². The Kier molecular flexibility index (Phi) is 5.25. The first-order chi connectivity index (χ1) is 15.7. The molecule has 5 rings (SSSR count). The molecule has 5 aromatic rings. The second-order valence-electron chi connectivity index (χ2n) is 7.20. The molecule has 0 aliphatic heterocycles. The predicted octanol–water partition coefficient (Wildman–Crippen LogP) is 5.91. The van der Waals surface area contributed by atoms with Crippen LogP contribution < -0.4 is 14.4 Å². The lowest BCUT2D eigenvalue weighted by Gasteiger charge is -2.18. The van der Waals surface area contributed by atoms with E-state index in [1.165, 1.54) is 11.3 Å². The lowest BCUT2D eigenvalue weighted by molar-refractivity contribution is 0.0960. The van der Waals surface area contributed by atoms with Crippen molar-refractivity contribution < 1.29 is 18.7 Å². The Balaban J connectivity index is 1.59. The van der Waals surface area contributed by atoms with Gasteiger partial charge < -0.3 is 13.9 Å². The van der Waals surface area contributed by atoms with Crippen LogP contribution in [0.4, 0.5) is 5.13 Å². The number of thiazole rings is 1. The zero-order valence-corrected chi connectivity index (χ0v) is 18.4. The summed E-state index contributed by atoms with van der Waals surface area (Å²) in [4.78, 5) is 20.0. The first-order valence-electron chi connectivity index (χ1n) is 10.0. The Hall–Kier alpha value is -3.84. The van der Waals surface area contributed by atoms with Gasteiger partial charge in [-0.15, -0.1) is 0 Å². The van der Waals surface area contributed by atoms with Crippen LogP contribution >= 0.6 is 11.3 Å². The number of benzene rings is 3. The number of furan rings is 1. The van der Waals surface area contributed by atoms with Crippen molar-refractivity contribution in [3.63, 3.8) is 0 Å². The van der Waals surface area contributed by atoms with Crippen molar-refractivity contribution in [1.82, 2.24) is 4.98 Å². The van der Waals surface area contributed by atoms with Gasteiger partial charge in [-0.05, 0) is 35.9 Å². The first-order valence-corrected chi connectivity index (χ1v) is 10.8. The van der Waals surface area contributed by atoms with Crippen LogP contribution in [0.2, 0.25) is 0 Å². The van der Waals surface area contributed by atoms with Gasteiger partial charge in [-0.1, -0.05) is 53.8 Å². The van der Waals surface area contributed by atoms with Crippen molar-refractivity contribution in [2.45, 2.75) is 6.54 Å². The molecule has 2 heterocycles. The molecule has 0 fully saturated rings. The number of amides is 1. The number of aromatic nitrogens is 1. The Bertz CT molecular complexity index is 1410. The van der Waals surface area contributed by atoms with Crippen molar-refractivity contribution in [3.8, 4) is 11.5 Å². The van der Waals surface area contributed by atoms with E-state index in [-0.39, 0.29) is 11.7 Å². The average Bonchev–Trinajstić information content (AvgIpc) is 3.46. The molecule has 160 valence electrons. The van der Waals surface area contributed by atoms with E-state index < -0.39 is 0 Å². The van der Waals surface area contributed by atoms with Crippen LogP contribution in [-0.2, 0) is 6.54 Å². The van der Waals surface area contributed by atoms with E-state index in [0.717, 1.165) is 26.9 Å². The van der Waals surface area contributed by atoms with Crippen molar-refractivity contribution in [2.24, 2.45) is 0 Å². The number of para-hydroxylation sites is 1. The molecule has 0 saturated heterocycles. The van der Waals surface area contributed by atoms with E-state index in [4.69, 9.17) is 18.9 Å². The molecule has 7 heteroatoms. The minimum absolute atomic E-state index is 0.234. The van der Waals surface area contributed by atoms with Crippen LogP contribution in [0.15, 0.2) is 77.2 Å². The molecule has 0 N–H and O–H groups in total. The molecule has 0 aliphatic carbocycles. The van der Waals surface area contributed by atoms with Crippen LogP contribution in [0.25, 0.3) is 21.2 Å². The van der Waals surface area contributed by atoms with Gasteiger partial charge >= 0.3 is 0 Å². The SMILES string of the molecule is COc1ccc2nc(N(Cc3ccccc3)C(=O)c3cc4cccc(OC)c4o3)sc2c1. The Labute approximate surface area is 188 Å². The van der Waals surface area contributed by atoms with Crippen LogP contribution in [0, 0.1) is 0 Å². The zero-order chi connectivity index (χ0) is 22.1. The van der Waals surface area contributed by atoms with E-state index in [2.05, 4.69) is 0 Å². The van der Waals surface area contributed by atoms with Crippen LogP contribution in [0.1, 0.15) is 16.1 Å². The number of nitrogens with zero attached hydrogens (tertiary/aromatic N) is 2. The summed E-state index contributed by atoms with van der Waals surface area (Å²) < 4.78 is 17.6. The third kappa shape index (κ3) is 3.67. The Morgan fingerprint density at radius 1 is 1.00 bits per heavy atom. The van der Waals surface area contributed by atoms with Crippen molar-refractivity contribution >= 4 is 43.6 Å². The molecule has 0 unspecified atom stereocenters. The number of methoxy groups -OCH3 is 2. The number of anilines is 1. The van der Waals surface area contributed by atoms with Crippen LogP contribution in [-0.4, -0.2) is 25.1 Å². The number of carbonyl (C=O) groups is 1. The van der Waals surface area contributed by atoms with Gasteiger partial charge in [-0.2, -0.15) is 0 Å². The highest BCUT2D eigenvalue weighted by atomic mass is 32.1. The third-order valence-corrected chi connectivity index (χ3v) is 6.22. The predicted molar refractivity (Wildman–Crippen MR) is 126 cm³/mol. The molecule has 0 radical (unpaired) electrons. The van der Waals surface area contributed by atoms with Crippen LogP contribution in [0.3, 0.4) is 0 Å². The lowest BCUT2D eigenvalue weighted by Crippen LogP contribution is -2.30. The largest absolute Gasteiger partial charge is 0.497 e. The number of fused-ring (bicyclic) bond motifs is 2. The van der Waals surface area contributed by atoms with Crippen molar-refractivity contribution in [3.05, 3.63) is 84.1 Å². The summed E-state index contributed by atoms with van der Waals surface area (Å²) in [6, 6.07) is 22.8. The molecule has 0 saturated carbocycles. The molecule has 6 nitrogen and oxygen atoms in total. The first kappa shape index (κ1) is 20.1. The van der Waals surface area contributed by atoms with Crippen molar-refractivity contribution in [2.75, 3.05) is 19.1 Å². The molecular weight excluding hydrogens is 424 g/mol. The van der Waals surface area contributed by atoms with E-state index >= 15 is 0 Å². The maximum Gasteiger partial charge on any atom is 0.296 e. The third-order valence-electron chi connectivity index (χ3n) is 5.18. The maximum absolute atomic E-state index is 13.7. The molecule has 0 aliphatic rings. The highest BCUT2D eigenvalue weighted by molar-refractivity contribution is 7.22. The summed E-state index contributed by atoms with van der Waals surface area (Å²) in [5.74, 6) is 1.30. The fourth-order valence-electron chi connectivity index (χ4n) is 3.56. The zero-order valence-electron chi connectivity index (χ0n) is 17.6. The number of ether oxygens (including phenoxy) is 2. The molecule has 0 bridgehead atoms. The molecular formula is C25H20N2O4S. The average molecular weight is 445 g/mol. The molecule has 1 amide bonds. The fourth-order valence-corrected chi connectivity index (χ4v) is 4.55. The molecule has 2 aromatic heterocycles. The number of carbonyl (C=O) groups excluding carboxylic acids is 1. The summed E-state index contributed by atoms with van der Waals surface area (Å²) in [7, 11) is 3.21. The highest BCUT2D eigenvalue weighted by Crippen LogP contribution is 2.34. The summed E-state index contributed by atoms with van der Waals surface area (Å²) in [6.07, 6.45) is 0. The summed E-state index contributed by atoms with van der Waals surface area (Å²) in [5, 5.41) is 1.40. The maximum atomic E-state index is 13.7. The monoisotopic (exact) mass is 444 g/mol.